The second-order valence-electron chi connectivity index (χ2n) is 2.69. The first-order valence-corrected chi connectivity index (χ1v) is 4.39. The molecule has 5 heteroatoms. The minimum Gasteiger partial charge on any atom is -0.370 e. The quantitative estimate of drug-likeness (QED) is 0.297. The summed E-state index contributed by atoms with van der Waals surface area (Å²) in [7, 11) is 0. The minimum absolute atomic E-state index is 0.0796. The summed E-state index contributed by atoms with van der Waals surface area (Å²) in [4.78, 5) is 3.76. The monoisotopic (exact) mass is 183 g/mol. The summed E-state index contributed by atoms with van der Waals surface area (Å²) in [5, 5.41) is 16.3. The molecule has 0 saturated heterocycles. The zero-order valence-corrected chi connectivity index (χ0v) is 7.93. The number of unbranched alkanes of at least 4 members (excludes halogenated alkanes) is 3. The molecule has 0 rings (SSSR count). The van der Waals surface area contributed by atoms with E-state index in [-0.39, 0.29) is 11.9 Å². The Labute approximate surface area is 78.4 Å². The maximum Gasteiger partial charge on any atom is 0.221 e. The molecule has 0 aromatic heterocycles. The average Bonchev–Trinajstić information content (AvgIpc) is 2.02. The molecule has 0 aromatic rings. The van der Waals surface area contributed by atoms with Gasteiger partial charge in [-0.05, 0) is 12.8 Å². The van der Waals surface area contributed by atoms with Crippen molar-refractivity contribution in [3.05, 3.63) is 0 Å². The van der Waals surface area contributed by atoms with Crippen molar-refractivity contribution >= 4 is 18.1 Å². The molecule has 0 radical (unpaired) electrons. The molecule has 0 unspecified atom stereocenters. The van der Waals surface area contributed by atoms with Crippen molar-refractivity contribution in [2.24, 2.45) is 10.7 Å². The van der Waals surface area contributed by atoms with Crippen LogP contribution < -0.4 is 11.1 Å². The van der Waals surface area contributed by atoms with Gasteiger partial charge in [0.2, 0.25) is 5.96 Å². The minimum atomic E-state index is -0.254. The summed E-state index contributed by atoms with van der Waals surface area (Å²) in [6, 6.07) is 0. The van der Waals surface area contributed by atoms with E-state index in [1.807, 2.05) is 0 Å². The van der Waals surface area contributed by atoms with Gasteiger partial charge < -0.3 is 5.73 Å². The molecule has 0 saturated carbocycles. The van der Waals surface area contributed by atoms with E-state index in [1.54, 1.807) is 6.21 Å². The SMILES string of the molecule is CCCCCC=NC(=N)NC(=N)N. The molecule has 0 heterocycles. The largest absolute Gasteiger partial charge is 0.370 e. The van der Waals surface area contributed by atoms with Crippen LogP contribution in [0.3, 0.4) is 0 Å². The molecule has 0 spiro atoms. The molecule has 0 aliphatic rings. The number of rotatable bonds is 4. The van der Waals surface area contributed by atoms with E-state index in [1.165, 1.54) is 12.8 Å². The second-order valence-corrected chi connectivity index (χ2v) is 2.69. The first-order valence-electron chi connectivity index (χ1n) is 4.39. The lowest BCUT2D eigenvalue weighted by atomic mass is 10.2. The van der Waals surface area contributed by atoms with Gasteiger partial charge in [-0.25, -0.2) is 4.99 Å². The van der Waals surface area contributed by atoms with Gasteiger partial charge in [0, 0.05) is 6.21 Å². The van der Waals surface area contributed by atoms with Gasteiger partial charge in [-0.3, -0.25) is 16.1 Å². The van der Waals surface area contributed by atoms with E-state index < -0.39 is 0 Å². The fourth-order valence-corrected chi connectivity index (χ4v) is 0.801. The van der Waals surface area contributed by atoms with Crippen molar-refractivity contribution in [3.63, 3.8) is 0 Å². The van der Waals surface area contributed by atoms with Crippen LogP contribution in [0, 0.1) is 10.8 Å². The number of guanidine groups is 2. The molecule has 0 aliphatic carbocycles. The summed E-state index contributed by atoms with van der Waals surface area (Å²) in [5.41, 5.74) is 5.00. The first kappa shape index (κ1) is 11.6. The van der Waals surface area contributed by atoms with E-state index in [9.17, 15) is 0 Å². The zero-order valence-electron chi connectivity index (χ0n) is 7.93. The lowest BCUT2D eigenvalue weighted by Gasteiger charge is -1.98. The number of hydrogen-bond donors (Lipinski definition) is 4. The third kappa shape index (κ3) is 8.52. The summed E-state index contributed by atoms with van der Waals surface area (Å²) in [5.74, 6) is -0.334. The average molecular weight is 183 g/mol. The standard InChI is InChI=1S/C8H17N5/c1-2-3-4-5-6-12-8(11)13-7(9)10/h6H,2-5H2,1H3,(H5,9,10,11,13). The van der Waals surface area contributed by atoms with Crippen LogP contribution in [0.25, 0.3) is 0 Å². The summed E-state index contributed by atoms with van der Waals surface area (Å²) in [6.07, 6.45) is 5.99. The maximum absolute atomic E-state index is 7.17. The van der Waals surface area contributed by atoms with Gasteiger partial charge in [-0.1, -0.05) is 19.8 Å². The highest BCUT2D eigenvalue weighted by Gasteiger charge is 1.90. The molecule has 13 heavy (non-hydrogen) atoms. The van der Waals surface area contributed by atoms with Gasteiger partial charge in [0.1, 0.15) is 0 Å². The summed E-state index contributed by atoms with van der Waals surface area (Å²) in [6.45, 7) is 2.14. The van der Waals surface area contributed by atoms with E-state index in [2.05, 4.69) is 17.2 Å². The number of nitrogens with one attached hydrogen (secondary N) is 3. The van der Waals surface area contributed by atoms with Gasteiger partial charge in [0.15, 0.2) is 5.96 Å². The number of aliphatic imine (C=N–C) groups is 1. The summed E-state index contributed by atoms with van der Waals surface area (Å²) < 4.78 is 0. The third-order valence-corrected chi connectivity index (χ3v) is 1.41. The molecule has 0 atom stereocenters. The van der Waals surface area contributed by atoms with Gasteiger partial charge in [0.25, 0.3) is 0 Å². The van der Waals surface area contributed by atoms with Crippen LogP contribution >= 0.6 is 0 Å². The van der Waals surface area contributed by atoms with Crippen molar-refractivity contribution in [2.45, 2.75) is 32.6 Å². The Kier molecular flexibility index (Phi) is 6.49. The number of nitrogens with two attached hydrogens (primary N) is 1. The van der Waals surface area contributed by atoms with Crippen molar-refractivity contribution in [3.8, 4) is 0 Å². The Hall–Kier alpha value is -1.39. The Morgan fingerprint density at radius 2 is 2.15 bits per heavy atom. The number of nitrogens with zero attached hydrogens (tertiary/aromatic N) is 1. The van der Waals surface area contributed by atoms with Gasteiger partial charge >= 0.3 is 0 Å². The van der Waals surface area contributed by atoms with E-state index in [0.29, 0.717) is 0 Å². The van der Waals surface area contributed by atoms with Crippen molar-refractivity contribution < 1.29 is 0 Å². The second kappa shape index (κ2) is 7.27. The van der Waals surface area contributed by atoms with Crippen molar-refractivity contribution in [1.82, 2.24) is 5.32 Å². The highest BCUT2D eigenvalue weighted by Crippen LogP contribution is 1.95. The highest BCUT2D eigenvalue weighted by atomic mass is 15.2. The van der Waals surface area contributed by atoms with Crippen LogP contribution in [-0.2, 0) is 0 Å². The van der Waals surface area contributed by atoms with Crippen LogP contribution in [0.4, 0.5) is 0 Å². The predicted octanol–water partition coefficient (Wildman–Crippen LogP) is 1.06. The molecule has 5 N–H and O–H groups in total. The molecule has 74 valence electrons. The van der Waals surface area contributed by atoms with Gasteiger partial charge in [-0.2, -0.15) is 0 Å². The molecular formula is C8H17N5. The van der Waals surface area contributed by atoms with Crippen LogP contribution in [-0.4, -0.2) is 18.1 Å². The van der Waals surface area contributed by atoms with Crippen LogP contribution in [0.5, 0.6) is 0 Å². The zero-order chi connectivity index (χ0) is 10.1. The Morgan fingerprint density at radius 1 is 1.46 bits per heavy atom. The molecule has 0 fully saturated rings. The molecule has 5 nitrogen and oxygen atoms in total. The predicted molar refractivity (Wildman–Crippen MR) is 55.4 cm³/mol. The smallest absolute Gasteiger partial charge is 0.221 e. The van der Waals surface area contributed by atoms with Gasteiger partial charge in [-0.15, -0.1) is 0 Å². The van der Waals surface area contributed by atoms with E-state index >= 15 is 0 Å². The Balaban J connectivity index is 3.48. The van der Waals surface area contributed by atoms with Crippen LogP contribution in [0.15, 0.2) is 4.99 Å². The highest BCUT2D eigenvalue weighted by molar-refractivity contribution is 5.97. The van der Waals surface area contributed by atoms with Gasteiger partial charge in [0.05, 0.1) is 0 Å². The molecule has 0 aromatic carbocycles. The molecular weight excluding hydrogens is 166 g/mol. The Morgan fingerprint density at radius 3 is 2.69 bits per heavy atom. The lowest BCUT2D eigenvalue weighted by molar-refractivity contribution is 0.746. The number of hydrogen-bond acceptors (Lipinski definition) is 2. The van der Waals surface area contributed by atoms with E-state index in [0.717, 1.165) is 12.8 Å². The molecule has 0 amide bonds. The fraction of sp³-hybridized carbons (Fsp3) is 0.625. The molecule has 0 bridgehead atoms. The third-order valence-electron chi connectivity index (χ3n) is 1.41. The lowest BCUT2D eigenvalue weighted by Crippen LogP contribution is -2.34. The van der Waals surface area contributed by atoms with Crippen molar-refractivity contribution in [2.75, 3.05) is 0 Å². The maximum atomic E-state index is 7.17. The summed E-state index contributed by atoms with van der Waals surface area (Å²) >= 11 is 0. The topological polar surface area (TPSA) is 98.1 Å². The normalized spacial score (nSPS) is 10.2. The first-order chi connectivity index (χ1) is 6.16. The molecule has 0 aliphatic heterocycles. The van der Waals surface area contributed by atoms with Crippen LogP contribution in [0.1, 0.15) is 32.6 Å². The van der Waals surface area contributed by atoms with E-state index in [4.69, 9.17) is 16.6 Å². The Bertz CT molecular complexity index is 197. The van der Waals surface area contributed by atoms with Crippen molar-refractivity contribution in [1.29, 1.82) is 10.8 Å². The van der Waals surface area contributed by atoms with Crippen LogP contribution in [0.2, 0.25) is 0 Å². The fourth-order valence-electron chi connectivity index (χ4n) is 0.801.